The van der Waals surface area contributed by atoms with Gasteiger partial charge >= 0.3 is 0 Å². The number of aromatic amines is 1. The Morgan fingerprint density at radius 3 is 3.05 bits per heavy atom. The van der Waals surface area contributed by atoms with Gasteiger partial charge in [-0.3, -0.25) is 14.8 Å². The van der Waals surface area contributed by atoms with Crippen molar-refractivity contribution in [3.05, 3.63) is 52.7 Å². The van der Waals surface area contributed by atoms with Crippen LogP contribution in [0.2, 0.25) is 0 Å². The smallest absolute Gasteiger partial charge is 0.274 e. The lowest BCUT2D eigenvalue weighted by Crippen LogP contribution is -2.25. The van der Waals surface area contributed by atoms with Crippen molar-refractivity contribution < 1.29 is 0 Å². The van der Waals surface area contributed by atoms with Crippen LogP contribution in [-0.2, 0) is 6.54 Å². The molecular formula is C13H15N7O. The SMILES string of the molecule is CC(c1ccncn1)N(C)Cc1cc(=O)n2[nH]cnc2n1. The predicted octanol–water partition coefficient (Wildman–Crippen LogP) is 0.401. The lowest BCUT2D eigenvalue weighted by molar-refractivity contribution is 0.245. The maximum atomic E-state index is 11.9. The first-order chi connectivity index (χ1) is 10.1. The van der Waals surface area contributed by atoms with Gasteiger partial charge in [0.15, 0.2) is 0 Å². The summed E-state index contributed by atoms with van der Waals surface area (Å²) in [6, 6.07) is 3.47. The summed E-state index contributed by atoms with van der Waals surface area (Å²) >= 11 is 0. The summed E-state index contributed by atoms with van der Waals surface area (Å²) in [6.45, 7) is 2.58. The average Bonchev–Trinajstić information content (AvgIpc) is 2.96. The van der Waals surface area contributed by atoms with E-state index in [0.717, 1.165) is 5.69 Å². The van der Waals surface area contributed by atoms with Crippen molar-refractivity contribution in [2.75, 3.05) is 7.05 Å². The Kier molecular flexibility index (Phi) is 3.44. The number of nitrogens with zero attached hydrogens (tertiary/aromatic N) is 6. The van der Waals surface area contributed by atoms with Gasteiger partial charge in [0.25, 0.3) is 11.3 Å². The fraction of sp³-hybridized carbons (Fsp3) is 0.308. The highest BCUT2D eigenvalue weighted by molar-refractivity contribution is 5.26. The largest absolute Gasteiger partial charge is 0.292 e. The lowest BCUT2D eigenvalue weighted by atomic mass is 10.2. The highest BCUT2D eigenvalue weighted by atomic mass is 16.1. The fourth-order valence-electron chi connectivity index (χ4n) is 2.12. The second kappa shape index (κ2) is 5.41. The molecule has 8 nitrogen and oxygen atoms in total. The molecule has 3 aromatic heterocycles. The van der Waals surface area contributed by atoms with E-state index in [9.17, 15) is 4.79 Å². The molecule has 1 unspecified atom stereocenters. The maximum Gasteiger partial charge on any atom is 0.274 e. The molecule has 0 aromatic carbocycles. The molecule has 3 aromatic rings. The highest BCUT2D eigenvalue weighted by Crippen LogP contribution is 2.17. The van der Waals surface area contributed by atoms with Gasteiger partial charge in [-0.25, -0.2) is 19.9 Å². The standard InChI is InChI=1S/C13H15N7O/c1-9(11-3-4-14-7-15-11)19(2)6-10-5-12(21)20-13(18-10)16-8-17-20/h3-5,7-9H,6H2,1-2H3,(H,16,17,18). The summed E-state index contributed by atoms with van der Waals surface area (Å²) in [5.74, 6) is 0.376. The first-order valence-electron chi connectivity index (χ1n) is 6.53. The van der Waals surface area contributed by atoms with Crippen molar-refractivity contribution in [2.24, 2.45) is 0 Å². The molecule has 1 atom stereocenters. The van der Waals surface area contributed by atoms with Crippen molar-refractivity contribution in [2.45, 2.75) is 19.5 Å². The highest BCUT2D eigenvalue weighted by Gasteiger charge is 2.14. The van der Waals surface area contributed by atoms with Gasteiger partial charge in [0.1, 0.15) is 12.7 Å². The summed E-state index contributed by atoms with van der Waals surface area (Å²) in [4.78, 5) is 30.5. The Bertz CT molecular complexity index is 795. The molecule has 8 heteroatoms. The van der Waals surface area contributed by atoms with E-state index in [1.165, 1.54) is 23.2 Å². The van der Waals surface area contributed by atoms with Crippen LogP contribution in [0.3, 0.4) is 0 Å². The Morgan fingerprint density at radius 2 is 2.29 bits per heavy atom. The van der Waals surface area contributed by atoms with Crippen molar-refractivity contribution >= 4 is 5.78 Å². The minimum absolute atomic E-state index is 0.0902. The van der Waals surface area contributed by atoms with E-state index in [1.807, 2.05) is 20.0 Å². The molecule has 3 heterocycles. The van der Waals surface area contributed by atoms with Gasteiger partial charge in [-0.2, -0.15) is 4.52 Å². The van der Waals surface area contributed by atoms with E-state index in [-0.39, 0.29) is 11.6 Å². The molecule has 3 rings (SSSR count). The number of rotatable bonds is 4. The van der Waals surface area contributed by atoms with Gasteiger partial charge in [-0.1, -0.05) is 0 Å². The third-order valence-electron chi connectivity index (χ3n) is 3.43. The molecule has 0 radical (unpaired) electrons. The summed E-state index contributed by atoms with van der Waals surface area (Å²) < 4.78 is 1.30. The second-order valence-electron chi connectivity index (χ2n) is 4.83. The predicted molar refractivity (Wildman–Crippen MR) is 75.5 cm³/mol. The quantitative estimate of drug-likeness (QED) is 0.746. The van der Waals surface area contributed by atoms with Crippen molar-refractivity contribution in [3.8, 4) is 0 Å². The second-order valence-corrected chi connectivity index (χ2v) is 4.83. The summed E-state index contributed by atoms with van der Waals surface area (Å²) in [7, 11) is 1.96. The van der Waals surface area contributed by atoms with Gasteiger partial charge in [0.05, 0.1) is 11.4 Å². The fourth-order valence-corrected chi connectivity index (χ4v) is 2.12. The molecule has 0 aliphatic carbocycles. The molecule has 0 spiro atoms. The molecule has 108 valence electrons. The number of H-pyrrole nitrogens is 1. The Balaban J connectivity index is 1.83. The number of nitrogens with one attached hydrogen (secondary N) is 1. The van der Waals surface area contributed by atoms with Gasteiger partial charge in [0, 0.05) is 24.8 Å². The monoisotopic (exact) mass is 285 g/mol. The lowest BCUT2D eigenvalue weighted by Gasteiger charge is -2.23. The zero-order valence-corrected chi connectivity index (χ0v) is 11.8. The van der Waals surface area contributed by atoms with E-state index < -0.39 is 0 Å². The van der Waals surface area contributed by atoms with Crippen LogP contribution in [0.15, 0.2) is 35.8 Å². The van der Waals surface area contributed by atoms with Crippen LogP contribution in [0.1, 0.15) is 24.4 Å². The van der Waals surface area contributed by atoms with Crippen molar-refractivity contribution in [1.29, 1.82) is 0 Å². The topological polar surface area (TPSA) is 92.1 Å². The van der Waals surface area contributed by atoms with Crippen LogP contribution >= 0.6 is 0 Å². The maximum absolute atomic E-state index is 11.9. The molecule has 0 saturated heterocycles. The van der Waals surface area contributed by atoms with Crippen LogP contribution in [0, 0.1) is 0 Å². The van der Waals surface area contributed by atoms with Crippen molar-refractivity contribution in [1.82, 2.24) is 34.4 Å². The van der Waals surface area contributed by atoms with Crippen LogP contribution < -0.4 is 5.56 Å². The van der Waals surface area contributed by atoms with Gasteiger partial charge in [-0.05, 0) is 20.0 Å². The molecule has 1 N–H and O–H groups in total. The average molecular weight is 285 g/mol. The van der Waals surface area contributed by atoms with Crippen LogP contribution in [0.25, 0.3) is 5.78 Å². The molecule has 0 aliphatic heterocycles. The Hall–Kier alpha value is -2.61. The molecule has 0 bridgehead atoms. The normalized spacial score (nSPS) is 12.9. The van der Waals surface area contributed by atoms with Gasteiger partial charge in [0.2, 0.25) is 0 Å². The van der Waals surface area contributed by atoms with E-state index in [1.54, 1.807) is 6.20 Å². The van der Waals surface area contributed by atoms with Crippen LogP contribution in [0.4, 0.5) is 0 Å². The minimum atomic E-state index is -0.171. The van der Waals surface area contributed by atoms with Gasteiger partial charge in [-0.15, -0.1) is 0 Å². The summed E-state index contributed by atoms with van der Waals surface area (Å²) in [5, 5.41) is 2.72. The Labute approximate surface area is 120 Å². The van der Waals surface area contributed by atoms with Crippen LogP contribution in [0.5, 0.6) is 0 Å². The summed E-state index contributed by atoms with van der Waals surface area (Å²) in [5.41, 5.74) is 1.43. The van der Waals surface area contributed by atoms with E-state index >= 15 is 0 Å². The Morgan fingerprint density at radius 1 is 1.43 bits per heavy atom. The zero-order valence-electron chi connectivity index (χ0n) is 11.8. The summed E-state index contributed by atoms with van der Waals surface area (Å²) in [6.07, 6.45) is 4.69. The minimum Gasteiger partial charge on any atom is -0.292 e. The number of hydrogen-bond acceptors (Lipinski definition) is 6. The molecule has 0 fully saturated rings. The number of aromatic nitrogens is 6. The molecule has 0 amide bonds. The van der Waals surface area contributed by atoms with E-state index in [2.05, 4.69) is 29.9 Å². The first kappa shape index (κ1) is 13.4. The molecule has 21 heavy (non-hydrogen) atoms. The first-order valence-corrected chi connectivity index (χ1v) is 6.53. The number of fused-ring (bicyclic) bond motifs is 1. The van der Waals surface area contributed by atoms with Crippen LogP contribution in [-0.4, -0.2) is 41.5 Å². The molecule has 0 saturated carbocycles. The van der Waals surface area contributed by atoms with Crippen molar-refractivity contribution in [3.63, 3.8) is 0 Å². The molecule has 0 aliphatic rings. The molecular weight excluding hydrogens is 270 g/mol. The third kappa shape index (κ3) is 2.65. The third-order valence-corrected chi connectivity index (χ3v) is 3.43. The van der Waals surface area contributed by atoms with E-state index in [0.29, 0.717) is 18.0 Å². The zero-order chi connectivity index (χ0) is 14.8. The number of hydrogen-bond donors (Lipinski definition) is 1. The van der Waals surface area contributed by atoms with E-state index in [4.69, 9.17) is 0 Å². The van der Waals surface area contributed by atoms with Gasteiger partial charge < -0.3 is 0 Å².